The number of rotatable bonds is 5. The topological polar surface area (TPSA) is 75.4 Å². The Hall–Kier alpha value is -2.34. The Kier molecular flexibility index (Phi) is 11.8. The van der Waals surface area contributed by atoms with Gasteiger partial charge in [-0.05, 0) is 43.4 Å². The summed E-state index contributed by atoms with van der Waals surface area (Å²) in [4.78, 5) is 26.3. The first-order chi connectivity index (χ1) is 14.4. The molecule has 30 heavy (non-hydrogen) atoms. The second-order valence-corrected chi connectivity index (χ2v) is 7.76. The van der Waals surface area contributed by atoms with Crippen LogP contribution in [0.25, 0.3) is 0 Å². The molecule has 1 aliphatic heterocycles. The van der Waals surface area contributed by atoms with Gasteiger partial charge in [-0.15, -0.1) is 0 Å². The minimum Gasteiger partial charge on any atom is -0.365 e. The van der Waals surface area contributed by atoms with E-state index < -0.39 is 0 Å². The zero-order valence-electron chi connectivity index (χ0n) is 18.7. The van der Waals surface area contributed by atoms with E-state index in [2.05, 4.69) is 15.0 Å². The predicted molar refractivity (Wildman–Crippen MR) is 120 cm³/mol. The van der Waals surface area contributed by atoms with Crippen LogP contribution in [0.1, 0.15) is 58.2 Å². The van der Waals surface area contributed by atoms with Crippen molar-refractivity contribution in [3.05, 3.63) is 52.9 Å². The van der Waals surface area contributed by atoms with E-state index in [1.54, 1.807) is 29.4 Å². The van der Waals surface area contributed by atoms with E-state index in [1.165, 1.54) is 0 Å². The maximum absolute atomic E-state index is 12.4. The maximum Gasteiger partial charge on any atom is 0.243 e. The van der Waals surface area contributed by atoms with Gasteiger partial charge >= 0.3 is 0 Å². The van der Waals surface area contributed by atoms with Crippen molar-refractivity contribution < 1.29 is 14.1 Å². The lowest BCUT2D eigenvalue weighted by Crippen LogP contribution is -2.46. The first-order valence-electron chi connectivity index (χ1n) is 10.6. The highest BCUT2D eigenvalue weighted by Gasteiger charge is 2.33. The lowest BCUT2D eigenvalue weighted by atomic mass is 10.1. The second kappa shape index (κ2) is 13.8. The number of aromatic nitrogens is 1. The number of carbonyl (C=O) groups is 2. The van der Waals surface area contributed by atoms with Crippen LogP contribution in [0.3, 0.4) is 0 Å². The van der Waals surface area contributed by atoms with Crippen LogP contribution in [0.15, 0.2) is 41.1 Å². The first kappa shape index (κ1) is 25.7. The predicted octanol–water partition coefficient (Wildman–Crippen LogP) is 5.00. The van der Waals surface area contributed by atoms with Crippen LogP contribution in [-0.2, 0) is 16.1 Å². The lowest BCUT2D eigenvalue weighted by molar-refractivity contribution is -0.139. The number of hydrogen-bond acceptors (Lipinski definition) is 4. The number of carbonyl (C=O) groups excluding carboxylic acids is 2. The van der Waals surface area contributed by atoms with Crippen molar-refractivity contribution in [1.29, 1.82) is 0 Å². The fourth-order valence-electron chi connectivity index (χ4n) is 2.99. The summed E-state index contributed by atoms with van der Waals surface area (Å²) in [6.45, 7) is 11.1. The number of benzene rings is 1. The summed E-state index contributed by atoms with van der Waals surface area (Å²) in [5.41, 5.74) is 1.92. The van der Waals surface area contributed by atoms with Gasteiger partial charge in [0.25, 0.3) is 0 Å². The maximum atomic E-state index is 12.4. The van der Waals surface area contributed by atoms with Crippen molar-refractivity contribution in [3.63, 3.8) is 0 Å². The molecule has 1 N–H and O–H groups in total. The van der Waals surface area contributed by atoms with E-state index in [1.807, 2.05) is 46.8 Å². The SMILES string of the molecule is CC.CC(C)CC(=O)N1CCCC1C(=O)NCc1ccc(Cl)cc1.Cc1ccon1. The van der Waals surface area contributed by atoms with Crippen molar-refractivity contribution in [1.82, 2.24) is 15.4 Å². The Morgan fingerprint density at radius 1 is 1.23 bits per heavy atom. The monoisotopic (exact) mass is 435 g/mol. The molecule has 3 rings (SSSR count). The van der Waals surface area contributed by atoms with Crippen molar-refractivity contribution >= 4 is 23.4 Å². The average Bonchev–Trinajstić information content (AvgIpc) is 3.40. The van der Waals surface area contributed by atoms with Gasteiger partial charge in [0, 0.05) is 30.6 Å². The molecule has 1 fully saturated rings. The summed E-state index contributed by atoms with van der Waals surface area (Å²) >= 11 is 5.84. The molecule has 6 nitrogen and oxygen atoms in total. The molecule has 1 aliphatic rings. The second-order valence-electron chi connectivity index (χ2n) is 7.33. The van der Waals surface area contributed by atoms with Gasteiger partial charge in [-0.2, -0.15) is 0 Å². The highest BCUT2D eigenvalue weighted by Crippen LogP contribution is 2.20. The van der Waals surface area contributed by atoms with Crippen LogP contribution in [0, 0.1) is 12.8 Å². The standard InChI is InChI=1S/C17H23ClN2O2.C4H5NO.C2H6/c1-12(2)10-16(21)20-9-3-4-15(20)17(22)19-11-13-5-7-14(18)8-6-13;1-4-2-3-6-5-4;1-2/h5-8,12,15H,3-4,9-11H2,1-2H3,(H,19,22);2-3H,1H3;1-2H3. The summed E-state index contributed by atoms with van der Waals surface area (Å²) in [7, 11) is 0. The highest BCUT2D eigenvalue weighted by molar-refractivity contribution is 6.30. The van der Waals surface area contributed by atoms with Crippen LogP contribution >= 0.6 is 11.6 Å². The van der Waals surface area contributed by atoms with Gasteiger partial charge in [0.2, 0.25) is 11.8 Å². The van der Waals surface area contributed by atoms with Crippen LogP contribution in [0.2, 0.25) is 5.02 Å². The Morgan fingerprint density at radius 3 is 2.40 bits per heavy atom. The van der Waals surface area contributed by atoms with Crippen LogP contribution < -0.4 is 5.32 Å². The Bertz CT molecular complexity index is 746. The Labute approximate surface area is 185 Å². The summed E-state index contributed by atoms with van der Waals surface area (Å²) in [6.07, 6.45) is 3.69. The molecule has 166 valence electrons. The molecule has 1 atom stereocenters. The third kappa shape index (κ3) is 8.99. The molecule has 2 aromatic rings. The van der Waals surface area contributed by atoms with Gasteiger partial charge in [-0.1, -0.05) is 56.6 Å². The normalized spacial score (nSPS) is 15.0. The molecular weight excluding hydrogens is 402 g/mol. The molecule has 1 aromatic carbocycles. The lowest BCUT2D eigenvalue weighted by Gasteiger charge is -2.24. The minimum atomic E-state index is -0.321. The van der Waals surface area contributed by atoms with Gasteiger partial charge in [0.1, 0.15) is 12.3 Å². The molecule has 2 heterocycles. The fourth-order valence-corrected chi connectivity index (χ4v) is 3.11. The van der Waals surface area contributed by atoms with Gasteiger partial charge in [0.05, 0.1) is 5.69 Å². The molecular formula is C23H34ClN3O3. The minimum absolute atomic E-state index is 0.0652. The van der Waals surface area contributed by atoms with Crippen LogP contribution in [-0.4, -0.2) is 34.5 Å². The molecule has 0 bridgehead atoms. The Morgan fingerprint density at radius 2 is 1.90 bits per heavy atom. The van der Waals surface area contributed by atoms with Crippen molar-refractivity contribution in [3.8, 4) is 0 Å². The van der Waals surface area contributed by atoms with Gasteiger partial charge in [-0.3, -0.25) is 9.59 Å². The molecule has 1 unspecified atom stereocenters. The van der Waals surface area contributed by atoms with E-state index in [4.69, 9.17) is 11.6 Å². The third-order valence-electron chi connectivity index (χ3n) is 4.41. The molecule has 7 heteroatoms. The average molecular weight is 436 g/mol. The van der Waals surface area contributed by atoms with E-state index in [0.717, 1.165) is 24.1 Å². The van der Waals surface area contributed by atoms with E-state index in [9.17, 15) is 9.59 Å². The number of aryl methyl sites for hydroxylation is 1. The smallest absolute Gasteiger partial charge is 0.243 e. The van der Waals surface area contributed by atoms with E-state index in [-0.39, 0.29) is 17.9 Å². The largest absolute Gasteiger partial charge is 0.365 e. The molecule has 0 spiro atoms. The zero-order valence-corrected chi connectivity index (χ0v) is 19.4. The fraction of sp³-hybridized carbons (Fsp3) is 0.522. The Balaban J connectivity index is 0.000000474. The van der Waals surface area contributed by atoms with Crippen molar-refractivity contribution in [2.45, 2.75) is 66.5 Å². The van der Waals surface area contributed by atoms with E-state index in [0.29, 0.717) is 30.5 Å². The first-order valence-corrected chi connectivity index (χ1v) is 10.9. The van der Waals surface area contributed by atoms with Crippen LogP contribution in [0.5, 0.6) is 0 Å². The number of nitrogens with one attached hydrogen (secondary N) is 1. The number of nitrogens with zero attached hydrogens (tertiary/aromatic N) is 2. The van der Waals surface area contributed by atoms with Crippen LogP contribution in [0.4, 0.5) is 0 Å². The molecule has 0 radical (unpaired) electrons. The number of halogens is 1. The molecule has 0 saturated carbocycles. The van der Waals surface area contributed by atoms with Crippen molar-refractivity contribution in [2.75, 3.05) is 6.54 Å². The number of hydrogen-bond donors (Lipinski definition) is 1. The molecule has 0 aliphatic carbocycles. The summed E-state index contributed by atoms with van der Waals surface area (Å²) < 4.78 is 4.46. The summed E-state index contributed by atoms with van der Waals surface area (Å²) in [6, 6.07) is 8.87. The van der Waals surface area contributed by atoms with Crippen molar-refractivity contribution in [2.24, 2.45) is 5.92 Å². The quantitative estimate of drug-likeness (QED) is 0.716. The third-order valence-corrected chi connectivity index (χ3v) is 4.66. The van der Waals surface area contributed by atoms with Gasteiger partial charge in [0.15, 0.2) is 0 Å². The highest BCUT2D eigenvalue weighted by atomic mass is 35.5. The van der Waals surface area contributed by atoms with E-state index >= 15 is 0 Å². The van der Waals surface area contributed by atoms with Gasteiger partial charge < -0.3 is 14.7 Å². The summed E-state index contributed by atoms with van der Waals surface area (Å²) in [5.74, 6) is 0.328. The zero-order chi connectivity index (χ0) is 22.5. The molecule has 1 aromatic heterocycles. The summed E-state index contributed by atoms with van der Waals surface area (Å²) in [5, 5.41) is 7.14. The molecule has 2 amide bonds. The number of amides is 2. The number of likely N-dealkylation sites (tertiary alicyclic amines) is 1. The van der Waals surface area contributed by atoms with Gasteiger partial charge in [-0.25, -0.2) is 0 Å². The molecule has 1 saturated heterocycles.